The number of nitrogens with one attached hydrogen (secondary N) is 4. The predicted octanol–water partition coefficient (Wildman–Crippen LogP) is 4.27. The third-order valence-electron chi connectivity index (χ3n) is 8.33. The number of esters is 4. The van der Waals surface area contributed by atoms with Crippen molar-refractivity contribution in [1.82, 2.24) is 10.6 Å². The fourth-order valence-corrected chi connectivity index (χ4v) is 5.49. The molecule has 0 heterocycles. The molecule has 0 aliphatic heterocycles. The minimum Gasteiger partial charge on any atom is -0.465 e. The van der Waals surface area contributed by atoms with Crippen LogP contribution < -0.4 is 27.0 Å². The Hall–Kier alpha value is -6.78. The zero-order valence-electron chi connectivity index (χ0n) is 32.2. The molecule has 0 unspecified atom stereocenters. The fourth-order valence-electron chi connectivity index (χ4n) is 5.49. The van der Waals surface area contributed by atoms with Crippen LogP contribution in [0.25, 0.3) is 0 Å². The molecule has 3 aromatic rings. The van der Waals surface area contributed by atoms with E-state index in [0.29, 0.717) is 51.6 Å². The summed E-state index contributed by atoms with van der Waals surface area (Å²) in [5, 5.41) is 10.9. The maximum Gasteiger partial charge on any atom is 0.337 e. The van der Waals surface area contributed by atoms with E-state index in [1.54, 1.807) is 0 Å². The summed E-state index contributed by atoms with van der Waals surface area (Å²) < 4.78 is 18.8. The Morgan fingerprint density at radius 1 is 0.439 bits per heavy atom. The van der Waals surface area contributed by atoms with Gasteiger partial charge in [-0.05, 0) is 80.3 Å². The molecule has 0 fully saturated rings. The number of ether oxygens (including phenoxy) is 4. The standard InChI is InChI=1S/C40H47N5O12/c1-54-37(50)26-16-27(38(51)55-2)21-31(20-26)44-33(46)11-7-5-9-13-42-35(48)24-15-25(19-30(41)18-24)36(49)43-14-10-6-8-12-34(47)45-32-22-28(39(52)56-3)17-29(23-32)40(53)57-4/h15-23H,5-14,41H2,1-4H3,(H,42,48)(H,43,49)(H,44,46)(H,45,47). The number of rotatable bonds is 20. The molecule has 57 heavy (non-hydrogen) atoms. The fraction of sp³-hybridized carbons (Fsp3) is 0.350. The van der Waals surface area contributed by atoms with Crippen LogP contribution >= 0.6 is 0 Å². The quantitative estimate of drug-likeness (QED) is 0.0465. The van der Waals surface area contributed by atoms with Gasteiger partial charge in [0.25, 0.3) is 11.8 Å². The molecule has 3 rings (SSSR count). The van der Waals surface area contributed by atoms with Crippen molar-refractivity contribution in [2.24, 2.45) is 0 Å². The van der Waals surface area contributed by atoms with E-state index in [9.17, 15) is 38.4 Å². The smallest absolute Gasteiger partial charge is 0.337 e. The lowest BCUT2D eigenvalue weighted by Crippen LogP contribution is -2.27. The van der Waals surface area contributed by atoms with Crippen molar-refractivity contribution in [3.8, 4) is 0 Å². The molecular weight excluding hydrogens is 742 g/mol. The summed E-state index contributed by atoms with van der Waals surface area (Å²) in [6.45, 7) is 0.625. The highest BCUT2D eigenvalue weighted by Crippen LogP contribution is 2.20. The number of anilines is 3. The Bertz CT molecular complexity index is 1780. The van der Waals surface area contributed by atoms with E-state index in [1.165, 1.54) is 83.0 Å². The highest BCUT2D eigenvalue weighted by molar-refractivity contribution is 6.02. The molecule has 0 aliphatic rings. The predicted molar refractivity (Wildman–Crippen MR) is 208 cm³/mol. The maximum atomic E-state index is 12.8. The SMILES string of the molecule is COC(=O)c1cc(NC(=O)CCCCCNC(=O)c2cc(N)cc(C(=O)NCCCCCC(=O)Nc3cc(C(=O)OC)cc(C(=O)OC)c3)c2)cc(C(=O)OC)c1. The number of nitrogen functional groups attached to an aromatic ring is 1. The number of unbranched alkanes of at least 4 members (excludes halogenated alkanes) is 4. The van der Waals surface area contributed by atoms with Gasteiger partial charge in [0.2, 0.25) is 11.8 Å². The normalized spacial score (nSPS) is 10.4. The van der Waals surface area contributed by atoms with E-state index in [2.05, 4.69) is 21.3 Å². The van der Waals surface area contributed by atoms with Crippen molar-refractivity contribution in [2.45, 2.75) is 51.4 Å². The number of methoxy groups -OCH3 is 4. The Labute approximate surface area is 329 Å². The number of carbonyl (C=O) groups excluding carboxylic acids is 8. The van der Waals surface area contributed by atoms with Gasteiger partial charge in [0.15, 0.2) is 0 Å². The molecule has 0 aliphatic carbocycles. The average Bonchev–Trinajstić information content (AvgIpc) is 3.21. The minimum atomic E-state index is -0.676. The second-order valence-electron chi connectivity index (χ2n) is 12.6. The average molecular weight is 790 g/mol. The van der Waals surface area contributed by atoms with E-state index < -0.39 is 35.7 Å². The topological polar surface area (TPSA) is 248 Å². The Morgan fingerprint density at radius 2 is 0.754 bits per heavy atom. The van der Waals surface area contributed by atoms with Crippen molar-refractivity contribution in [3.63, 3.8) is 0 Å². The van der Waals surface area contributed by atoms with E-state index >= 15 is 0 Å². The number of hydrogen-bond donors (Lipinski definition) is 5. The molecule has 6 N–H and O–H groups in total. The lowest BCUT2D eigenvalue weighted by Gasteiger charge is -2.11. The monoisotopic (exact) mass is 789 g/mol. The van der Waals surface area contributed by atoms with Crippen molar-refractivity contribution < 1.29 is 57.3 Å². The van der Waals surface area contributed by atoms with Crippen LogP contribution in [0.2, 0.25) is 0 Å². The first-order valence-corrected chi connectivity index (χ1v) is 18.0. The van der Waals surface area contributed by atoms with Gasteiger partial charge < -0.3 is 45.9 Å². The molecule has 4 amide bonds. The van der Waals surface area contributed by atoms with Crippen LogP contribution in [-0.4, -0.2) is 89.0 Å². The molecule has 304 valence electrons. The van der Waals surface area contributed by atoms with Gasteiger partial charge in [-0.25, -0.2) is 19.2 Å². The highest BCUT2D eigenvalue weighted by atomic mass is 16.5. The largest absolute Gasteiger partial charge is 0.465 e. The van der Waals surface area contributed by atoms with Gasteiger partial charge in [-0.2, -0.15) is 0 Å². The molecule has 0 atom stereocenters. The van der Waals surface area contributed by atoms with Crippen LogP contribution in [0.4, 0.5) is 17.1 Å². The van der Waals surface area contributed by atoms with Gasteiger partial charge in [0.05, 0.1) is 50.7 Å². The molecule has 17 nitrogen and oxygen atoms in total. The third-order valence-corrected chi connectivity index (χ3v) is 8.33. The molecule has 0 saturated carbocycles. The number of benzene rings is 3. The van der Waals surface area contributed by atoms with Crippen LogP contribution in [0.15, 0.2) is 54.6 Å². The van der Waals surface area contributed by atoms with Crippen LogP contribution in [-0.2, 0) is 28.5 Å². The molecule has 0 spiro atoms. The molecule has 0 bridgehead atoms. The summed E-state index contributed by atoms with van der Waals surface area (Å²) in [7, 11) is 4.80. The van der Waals surface area contributed by atoms with Gasteiger partial charge in [-0.15, -0.1) is 0 Å². The van der Waals surface area contributed by atoms with Crippen molar-refractivity contribution in [3.05, 3.63) is 88.0 Å². The Morgan fingerprint density at radius 3 is 1.07 bits per heavy atom. The Kier molecular flexibility index (Phi) is 17.7. The summed E-state index contributed by atoms with van der Waals surface area (Å²) in [6.07, 6.45) is 3.68. The molecule has 0 radical (unpaired) electrons. The number of hydrogen-bond acceptors (Lipinski definition) is 13. The van der Waals surface area contributed by atoms with E-state index in [1.807, 2.05) is 0 Å². The first-order valence-electron chi connectivity index (χ1n) is 18.0. The summed E-state index contributed by atoms with van der Waals surface area (Å²) in [6, 6.07) is 12.6. The number of nitrogens with two attached hydrogens (primary N) is 1. The van der Waals surface area contributed by atoms with Gasteiger partial charge in [-0.1, -0.05) is 12.8 Å². The molecule has 17 heteroatoms. The lowest BCUT2D eigenvalue weighted by molar-refractivity contribution is -0.117. The maximum absolute atomic E-state index is 12.8. The van der Waals surface area contributed by atoms with Gasteiger partial charge >= 0.3 is 23.9 Å². The van der Waals surface area contributed by atoms with E-state index in [4.69, 9.17) is 24.7 Å². The van der Waals surface area contributed by atoms with Crippen molar-refractivity contribution >= 4 is 64.6 Å². The van der Waals surface area contributed by atoms with Gasteiger partial charge in [0, 0.05) is 54.1 Å². The van der Waals surface area contributed by atoms with E-state index in [0.717, 1.165) is 0 Å². The second-order valence-corrected chi connectivity index (χ2v) is 12.6. The summed E-state index contributed by atoms with van der Waals surface area (Å²) in [4.78, 5) is 98.7. The van der Waals surface area contributed by atoms with Crippen LogP contribution in [0.1, 0.15) is 114 Å². The lowest BCUT2D eigenvalue weighted by atomic mass is 10.1. The summed E-state index contributed by atoms with van der Waals surface area (Å²) >= 11 is 0. The first kappa shape index (κ1) is 44.6. The number of carbonyl (C=O) groups is 8. The zero-order chi connectivity index (χ0) is 41.9. The Balaban J connectivity index is 1.37. The van der Waals surface area contributed by atoms with Crippen molar-refractivity contribution in [2.75, 3.05) is 57.9 Å². The first-order chi connectivity index (χ1) is 27.3. The summed E-state index contributed by atoms with van der Waals surface area (Å²) in [5.41, 5.74) is 7.43. The van der Waals surface area contributed by atoms with E-state index in [-0.39, 0.29) is 75.1 Å². The van der Waals surface area contributed by atoms with Crippen LogP contribution in [0.3, 0.4) is 0 Å². The highest BCUT2D eigenvalue weighted by Gasteiger charge is 2.17. The minimum absolute atomic E-state index is 0.0789. The van der Waals surface area contributed by atoms with Gasteiger partial charge in [0.1, 0.15) is 0 Å². The zero-order valence-corrected chi connectivity index (χ0v) is 32.2. The van der Waals surface area contributed by atoms with Gasteiger partial charge in [-0.3, -0.25) is 19.2 Å². The van der Waals surface area contributed by atoms with Crippen LogP contribution in [0.5, 0.6) is 0 Å². The third kappa shape index (κ3) is 14.4. The molecule has 0 aromatic heterocycles. The summed E-state index contributed by atoms with van der Waals surface area (Å²) in [5.74, 6) is -4.20. The second kappa shape index (κ2) is 22.6. The number of amides is 4. The molecule has 0 saturated heterocycles. The molecule has 3 aromatic carbocycles. The van der Waals surface area contributed by atoms with Crippen LogP contribution in [0, 0.1) is 0 Å². The van der Waals surface area contributed by atoms with Crippen molar-refractivity contribution in [1.29, 1.82) is 0 Å². The molecular formula is C40H47N5O12.